The van der Waals surface area contributed by atoms with Crippen molar-refractivity contribution >= 4 is 6.16 Å². The first-order valence-electron chi connectivity index (χ1n) is 2.88. The predicted octanol–water partition coefficient (Wildman–Crippen LogP) is -7.34. The smallest absolute Gasteiger partial charge is 0.652 e. The molecule has 2 N–H and O–H groups in total. The maximum atomic E-state index is 8.65. The van der Waals surface area contributed by atoms with Crippen molar-refractivity contribution in [1.29, 1.82) is 0 Å². The minimum atomic E-state index is -2.33. The van der Waals surface area contributed by atoms with Crippen molar-refractivity contribution < 1.29 is 84.3 Å². The monoisotopic (exact) mass is 216 g/mol. The van der Waals surface area contributed by atoms with E-state index in [-0.39, 0.29) is 70.6 Å². The molecule has 14 heavy (non-hydrogen) atoms. The van der Waals surface area contributed by atoms with E-state index < -0.39 is 6.16 Å². The van der Waals surface area contributed by atoms with Gasteiger partial charge in [0.05, 0.1) is 0 Å². The van der Waals surface area contributed by atoms with E-state index in [0.717, 1.165) is 0 Å². The Morgan fingerprint density at radius 3 is 1.21 bits per heavy atom. The van der Waals surface area contributed by atoms with Gasteiger partial charge in [0.2, 0.25) is 0 Å². The van der Waals surface area contributed by atoms with Gasteiger partial charge in [-0.2, -0.15) is 0 Å². The van der Waals surface area contributed by atoms with Crippen molar-refractivity contribution in [3.8, 4) is 11.5 Å². The van der Waals surface area contributed by atoms with Crippen LogP contribution in [0.3, 0.4) is 0 Å². The van der Waals surface area contributed by atoms with Crippen LogP contribution in [-0.2, 0) is 0 Å². The third-order valence-electron chi connectivity index (χ3n) is 0.850. The Kier molecular flexibility index (Phi) is 15.7. The Morgan fingerprint density at radius 1 is 0.929 bits per heavy atom. The fourth-order valence-corrected chi connectivity index (χ4v) is 0.453. The fourth-order valence-electron chi connectivity index (χ4n) is 0.453. The molecule has 0 saturated heterocycles. The largest absolute Gasteiger partial charge is 1.00 e. The molecule has 0 spiro atoms. The summed E-state index contributed by atoms with van der Waals surface area (Å²) in [6.07, 6.45) is -2.33. The number of benzene rings is 1. The zero-order chi connectivity index (χ0) is 9.56. The molecule has 1 aromatic carbocycles. The average Bonchev–Trinajstić information content (AvgIpc) is 1.94. The Balaban J connectivity index is -0.000000180. The van der Waals surface area contributed by atoms with Crippen molar-refractivity contribution in [1.82, 2.24) is 0 Å². The first-order chi connectivity index (χ1) is 5.52. The Hall–Kier alpha value is 0.0900. The van der Waals surface area contributed by atoms with E-state index in [1.165, 1.54) is 24.3 Å². The second-order valence-electron chi connectivity index (χ2n) is 1.77. The molecule has 66 valence electrons. The van der Waals surface area contributed by atoms with E-state index in [9.17, 15) is 0 Å². The number of carbonyl (C=O) groups is 1. The van der Waals surface area contributed by atoms with Crippen LogP contribution in [0.25, 0.3) is 0 Å². The van der Waals surface area contributed by atoms with Gasteiger partial charge in [-0.25, -0.2) is 0 Å². The van der Waals surface area contributed by atoms with Gasteiger partial charge in [-0.3, -0.25) is 0 Å². The molecule has 5 nitrogen and oxygen atoms in total. The number of aromatic hydroxyl groups is 2. The zero-order valence-electron chi connectivity index (χ0n) is 7.93. The minimum absolute atomic E-state index is 0. The number of hydrogen-bond acceptors (Lipinski definition) is 5. The second kappa shape index (κ2) is 11.2. The molecule has 0 heterocycles. The van der Waals surface area contributed by atoms with Crippen molar-refractivity contribution in [3.05, 3.63) is 24.3 Å². The van der Waals surface area contributed by atoms with E-state index in [2.05, 4.69) is 0 Å². The number of carboxylic acid groups (broad SMARTS) is 2. The summed E-state index contributed by atoms with van der Waals surface area (Å²) in [5.74, 6) is 0.339. The van der Waals surface area contributed by atoms with Gasteiger partial charge in [0.15, 0.2) is 0 Å². The summed E-state index contributed by atoms with van der Waals surface area (Å²) in [5, 5.41) is 34.0. The molecule has 0 unspecified atom stereocenters. The molecule has 0 aliphatic rings. The normalized spacial score (nSPS) is 6.86. The molecule has 0 aromatic heterocycles. The van der Waals surface area contributed by atoms with Crippen LogP contribution in [0.4, 0.5) is 4.79 Å². The Morgan fingerprint density at radius 2 is 1.07 bits per heavy atom. The molecule has 0 fully saturated rings. The van der Waals surface area contributed by atoms with Gasteiger partial charge in [0.1, 0.15) is 11.5 Å². The summed E-state index contributed by atoms with van der Waals surface area (Å²) < 4.78 is 0. The van der Waals surface area contributed by atoms with Gasteiger partial charge < -0.3 is 25.2 Å². The van der Waals surface area contributed by atoms with Crippen molar-refractivity contribution in [2.24, 2.45) is 0 Å². The Labute approximate surface area is 125 Å². The van der Waals surface area contributed by atoms with Crippen LogP contribution >= 0.6 is 0 Å². The van der Waals surface area contributed by atoms with E-state index in [4.69, 9.17) is 25.2 Å². The zero-order valence-corrected chi connectivity index (χ0v) is 11.9. The first-order valence-corrected chi connectivity index (χ1v) is 2.88. The molecule has 0 saturated carbocycles. The topological polar surface area (TPSA) is 104 Å². The van der Waals surface area contributed by atoms with Crippen molar-refractivity contribution in [2.45, 2.75) is 0 Å². The third-order valence-corrected chi connectivity index (χ3v) is 0.850. The van der Waals surface area contributed by atoms with Gasteiger partial charge in [-0.1, -0.05) is 0 Å². The summed E-state index contributed by atoms with van der Waals surface area (Å²) >= 11 is 0. The summed E-state index contributed by atoms with van der Waals surface area (Å²) in [6.45, 7) is 0. The molecule has 0 atom stereocenters. The van der Waals surface area contributed by atoms with Gasteiger partial charge in [-0.05, 0) is 30.4 Å². The van der Waals surface area contributed by atoms with Crippen LogP contribution in [0, 0.1) is 0 Å². The molecule has 0 aliphatic carbocycles. The number of phenols is 2. The molecule has 0 radical (unpaired) electrons. The van der Waals surface area contributed by atoms with Gasteiger partial charge in [-0.15, -0.1) is 0 Å². The van der Waals surface area contributed by atoms with Crippen molar-refractivity contribution in [3.63, 3.8) is 0 Å². The minimum Gasteiger partial charge on any atom is -0.652 e. The first kappa shape index (κ1) is 19.6. The maximum Gasteiger partial charge on any atom is 1.00 e. The molecule has 7 heteroatoms. The molecule has 0 aliphatic heterocycles. The van der Waals surface area contributed by atoms with Crippen LogP contribution in [-0.4, -0.2) is 16.4 Å². The Bertz CT molecular complexity index is 224. The van der Waals surface area contributed by atoms with Crippen LogP contribution in [0.2, 0.25) is 0 Å². The van der Waals surface area contributed by atoms with E-state index in [1.807, 2.05) is 0 Å². The standard InChI is InChI=1S/C6H6O2.CH2O3.2Na/c7-5-1-2-6(8)4-3-5;2-1(3)4;;/h1-4,7-8H;(H2,2,3,4);;/q;;2*+1/p-2. The summed E-state index contributed by atoms with van der Waals surface area (Å²) in [7, 11) is 0. The van der Waals surface area contributed by atoms with Gasteiger partial charge in [0, 0.05) is 0 Å². The maximum absolute atomic E-state index is 8.65. The van der Waals surface area contributed by atoms with Crippen LogP contribution in [0.1, 0.15) is 0 Å². The quantitative estimate of drug-likeness (QED) is 0.331. The van der Waals surface area contributed by atoms with Crippen LogP contribution in [0.15, 0.2) is 24.3 Å². The summed E-state index contributed by atoms with van der Waals surface area (Å²) in [6, 6.07) is 5.70. The summed E-state index contributed by atoms with van der Waals surface area (Å²) in [4.78, 5) is 8.33. The van der Waals surface area contributed by atoms with Crippen LogP contribution < -0.4 is 69.3 Å². The number of hydrogen-bond donors (Lipinski definition) is 2. The number of phenolic OH excluding ortho intramolecular Hbond substituents is 2. The summed E-state index contributed by atoms with van der Waals surface area (Å²) in [5.41, 5.74) is 0. The van der Waals surface area contributed by atoms with E-state index >= 15 is 0 Å². The van der Waals surface area contributed by atoms with E-state index in [0.29, 0.717) is 0 Å². The van der Waals surface area contributed by atoms with E-state index in [1.54, 1.807) is 0 Å². The second-order valence-corrected chi connectivity index (χ2v) is 1.77. The number of rotatable bonds is 0. The molecule has 0 amide bonds. The fraction of sp³-hybridized carbons (Fsp3) is 0. The average molecular weight is 216 g/mol. The molecule has 1 rings (SSSR count). The van der Waals surface area contributed by atoms with Crippen molar-refractivity contribution in [2.75, 3.05) is 0 Å². The molecular weight excluding hydrogens is 210 g/mol. The molecule has 0 bridgehead atoms. The molecular formula is C7H6Na2O5. The molecule has 1 aromatic rings. The van der Waals surface area contributed by atoms with Gasteiger partial charge in [0.25, 0.3) is 0 Å². The predicted molar refractivity (Wildman–Crippen MR) is 35.2 cm³/mol. The van der Waals surface area contributed by atoms with Gasteiger partial charge >= 0.3 is 59.1 Å². The number of carbonyl (C=O) groups excluding carboxylic acids is 1. The van der Waals surface area contributed by atoms with Crippen LogP contribution in [0.5, 0.6) is 11.5 Å². The third kappa shape index (κ3) is 14.6. The SMILES string of the molecule is O=C([O-])[O-].Oc1ccc(O)cc1.[Na+].[Na+].